The summed E-state index contributed by atoms with van der Waals surface area (Å²) < 4.78 is 8.85. The maximum Gasteiger partial charge on any atom is 0.508 e. The molecule has 0 atom stereocenters. The van der Waals surface area contributed by atoms with Crippen LogP contribution >= 0.6 is 11.6 Å². The topological polar surface area (TPSA) is 35.5 Å². The SMILES string of the molecule is COC(=O)OCC#Cc1ccc(Cl)cc1. The summed E-state index contributed by atoms with van der Waals surface area (Å²) >= 11 is 5.70. The number of carbonyl (C=O) groups is 1. The van der Waals surface area contributed by atoms with Crippen LogP contribution in [0, 0.1) is 11.8 Å². The molecule has 0 fully saturated rings. The Hall–Kier alpha value is -1.66. The van der Waals surface area contributed by atoms with Crippen molar-refractivity contribution in [1.82, 2.24) is 0 Å². The molecule has 0 saturated carbocycles. The molecule has 1 aromatic carbocycles. The van der Waals surface area contributed by atoms with Gasteiger partial charge in [-0.25, -0.2) is 4.79 Å². The molecule has 0 aromatic heterocycles. The Morgan fingerprint density at radius 2 is 2.07 bits per heavy atom. The van der Waals surface area contributed by atoms with Crippen LogP contribution in [0.15, 0.2) is 24.3 Å². The van der Waals surface area contributed by atoms with Crippen LogP contribution in [0.4, 0.5) is 4.79 Å². The van der Waals surface area contributed by atoms with Crippen molar-refractivity contribution < 1.29 is 14.3 Å². The van der Waals surface area contributed by atoms with Gasteiger partial charge < -0.3 is 9.47 Å². The summed E-state index contributed by atoms with van der Waals surface area (Å²) in [4.78, 5) is 10.5. The van der Waals surface area contributed by atoms with Crippen LogP contribution in [0.25, 0.3) is 0 Å². The van der Waals surface area contributed by atoms with Crippen molar-refractivity contribution >= 4 is 17.8 Å². The average Bonchev–Trinajstić information content (AvgIpc) is 2.26. The quantitative estimate of drug-likeness (QED) is 0.543. The van der Waals surface area contributed by atoms with E-state index in [1.165, 1.54) is 7.11 Å². The van der Waals surface area contributed by atoms with Crippen molar-refractivity contribution in [3.8, 4) is 11.8 Å². The van der Waals surface area contributed by atoms with Crippen LogP contribution in [0.1, 0.15) is 5.56 Å². The van der Waals surface area contributed by atoms with Gasteiger partial charge in [-0.3, -0.25) is 0 Å². The number of ether oxygens (including phenoxy) is 2. The molecule has 0 aliphatic carbocycles. The summed E-state index contributed by atoms with van der Waals surface area (Å²) in [6.07, 6.45) is -0.736. The first-order valence-electron chi connectivity index (χ1n) is 4.17. The van der Waals surface area contributed by atoms with Crippen molar-refractivity contribution in [2.24, 2.45) is 0 Å². The minimum atomic E-state index is -0.736. The number of hydrogen-bond acceptors (Lipinski definition) is 3. The van der Waals surface area contributed by atoms with E-state index >= 15 is 0 Å². The highest BCUT2D eigenvalue weighted by molar-refractivity contribution is 6.30. The molecule has 0 saturated heterocycles. The Morgan fingerprint density at radius 3 is 2.67 bits per heavy atom. The van der Waals surface area contributed by atoms with Gasteiger partial charge in [-0.2, -0.15) is 0 Å². The fraction of sp³-hybridized carbons (Fsp3) is 0.182. The largest absolute Gasteiger partial charge is 0.508 e. The Balaban J connectivity index is 2.44. The average molecular weight is 225 g/mol. The number of hydrogen-bond donors (Lipinski definition) is 0. The third-order valence-corrected chi connectivity index (χ3v) is 1.76. The van der Waals surface area contributed by atoms with E-state index in [9.17, 15) is 4.79 Å². The Bertz CT molecular complexity index is 387. The molecule has 1 aromatic rings. The van der Waals surface area contributed by atoms with Gasteiger partial charge in [0.15, 0.2) is 6.61 Å². The number of methoxy groups -OCH3 is 1. The second-order valence-electron chi connectivity index (χ2n) is 2.55. The molecule has 0 aliphatic rings. The normalized spacial score (nSPS) is 8.67. The van der Waals surface area contributed by atoms with Crippen molar-refractivity contribution in [3.05, 3.63) is 34.9 Å². The molecule has 0 bridgehead atoms. The third-order valence-electron chi connectivity index (χ3n) is 1.51. The van der Waals surface area contributed by atoms with Crippen molar-refractivity contribution in [2.75, 3.05) is 13.7 Å². The Kier molecular flexibility index (Phi) is 4.52. The van der Waals surface area contributed by atoms with Crippen LogP contribution < -0.4 is 0 Å². The van der Waals surface area contributed by atoms with Gasteiger partial charge in [0.1, 0.15) is 0 Å². The van der Waals surface area contributed by atoms with Gasteiger partial charge in [-0.1, -0.05) is 23.4 Å². The molecule has 78 valence electrons. The molecule has 0 radical (unpaired) electrons. The first-order chi connectivity index (χ1) is 7.22. The van der Waals surface area contributed by atoms with Gasteiger partial charge in [0.25, 0.3) is 0 Å². The van der Waals surface area contributed by atoms with Crippen LogP contribution in [-0.2, 0) is 9.47 Å². The molecule has 1 rings (SSSR count). The zero-order chi connectivity index (χ0) is 11.1. The van der Waals surface area contributed by atoms with Gasteiger partial charge >= 0.3 is 6.16 Å². The summed E-state index contributed by atoms with van der Waals surface area (Å²) in [5, 5.41) is 0.659. The smallest absolute Gasteiger partial charge is 0.438 e. The lowest BCUT2D eigenvalue weighted by molar-refractivity contribution is 0.0833. The fourth-order valence-corrected chi connectivity index (χ4v) is 0.951. The van der Waals surface area contributed by atoms with E-state index in [0.717, 1.165) is 5.56 Å². The highest BCUT2D eigenvalue weighted by Gasteiger charge is 1.95. The van der Waals surface area contributed by atoms with E-state index in [0.29, 0.717) is 5.02 Å². The zero-order valence-corrected chi connectivity index (χ0v) is 8.88. The molecule has 0 unspecified atom stereocenters. The second-order valence-corrected chi connectivity index (χ2v) is 2.99. The fourth-order valence-electron chi connectivity index (χ4n) is 0.825. The minimum absolute atomic E-state index is 0.00923. The lowest BCUT2D eigenvalue weighted by atomic mass is 10.2. The summed E-state index contributed by atoms with van der Waals surface area (Å²) in [5.41, 5.74) is 0.813. The van der Waals surface area contributed by atoms with E-state index in [1.54, 1.807) is 24.3 Å². The van der Waals surface area contributed by atoms with Crippen LogP contribution in [0.5, 0.6) is 0 Å². The van der Waals surface area contributed by atoms with Gasteiger partial charge in [0, 0.05) is 10.6 Å². The van der Waals surface area contributed by atoms with E-state index in [2.05, 4.69) is 21.3 Å². The monoisotopic (exact) mass is 224 g/mol. The van der Waals surface area contributed by atoms with Gasteiger partial charge in [-0.05, 0) is 24.3 Å². The number of halogens is 1. The summed E-state index contributed by atoms with van der Waals surface area (Å²) in [5.74, 6) is 5.48. The number of benzene rings is 1. The van der Waals surface area contributed by atoms with Gasteiger partial charge in [0.05, 0.1) is 7.11 Å². The number of carbonyl (C=O) groups excluding carboxylic acids is 1. The summed E-state index contributed by atoms with van der Waals surface area (Å²) in [7, 11) is 1.24. The lowest BCUT2D eigenvalue weighted by Gasteiger charge is -1.95. The molecular weight excluding hydrogens is 216 g/mol. The highest BCUT2D eigenvalue weighted by Crippen LogP contribution is 2.08. The van der Waals surface area contributed by atoms with E-state index in [4.69, 9.17) is 11.6 Å². The van der Waals surface area contributed by atoms with Crippen molar-refractivity contribution in [3.63, 3.8) is 0 Å². The zero-order valence-electron chi connectivity index (χ0n) is 8.12. The Morgan fingerprint density at radius 1 is 1.40 bits per heavy atom. The molecule has 0 aliphatic heterocycles. The first-order valence-corrected chi connectivity index (χ1v) is 4.55. The van der Waals surface area contributed by atoms with Crippen LogP contribution in [-0.4, -0.2) is 19.9 Å². The van der Waals surface area contributed by atoms with E-state index in [-0.39, 0.29) is 6.61 Å². The summed E-state index contributed by atoms with van der Waals surface area (Å²) in [6, 6.07) is 7.06. The standard InChI is InChI=1S/C11H9ClO3/c1-14-11(13)15-8-2-3-9-4-6-10(12)7-5-9/h4-7H,8H2,1H3. The van der Waals surface area contributed by atoms with Crippen molar-refractivity contribution in [1.29, 1.82) is 0 Å². The van der Waals surface area contributed by atoms with E-state index < -0.39 is 6.16 Å². The van der Waals surface area contributed by atoms with Gasteiger partial charge in [0.2, 0.25) is 0 Å². The first kappa shape index (κ1) is 11.4. The predicted molar refractivity (Wildman–Crippen MR) is 56.7 cm³/mol. The molecule has 4 heteroatoms. The highest BCUT2D eigenvalue weighted by atomic mass is 35.5. The maximum atomic E-state index is 10.5. The number of rotatable bonds is 1. The third kappa shape index (κ3) is 4.39. The van der Waals surface area contributed by atoms with Crippen LogP contribution in [0.3, 0.4) is 0 Å². The Labute approximate surface area is 92.9 Å². The van der Waals surface area contributed by atoms with Crippen LogP contribution in [0.2, 0.25) is 5.02 Å². The molecule has 0 spiro atoms. The molecular formula is C11H9ClO3. The van der Waals surface area contributed by atoms with Gasteiger partial charge in [-0.15, -0.1) is 0 Å². The molecule has 0 N–H and O–H groups in total. The molecule has 0 amide bonds. The van der Waals surface area contributed by atoms with E-state index in [1.807, 2.05) is 0 Å². The molecule has 3 nitrogen and oxygen atoms in total. The minimum Gasteiger partial charge on any atom is -0.438 e. The predicted octanol–water partition coefficient (Wildman–Crippen LogP) is 2.47. The summed E-state index contributed by atoms with van der Waals surface area (Å²) in [6.45, 7) is 0.00923. The van der Waals surface area contributed by atoms with Crippen molar-refractivity contribution in [2.45, 2.75) is 0 Å². The molecule has 15 heavy (non-hydrogen) atoms. The second kappa shape index (κ2) is 5.94. The maximum absolute atomic E-state index is 10.5. The molecule has 0 heterocycles. The lowest BCUT2D eigenvalue weighted by Crippen LogP contribution is -2.03.